The third-order valence-electron chi connectivity index (χ3n) is 12.9. The highest BCUT2D eigenvalue weighted by molar-refractivity contribution is 6.64. The van der Waals surface area contributed by atoms with Crippen LogP contribution < -0.4 is 0 Å². The van der Waals surface area contributed by atoms with Gasteiger partial charge in [-0.05, 0) is 96.0 Å². The van der Waals surface area contributed by atoms with Gasteiger partial charge in [-0.25, -0.2) is 0 Å². The number of carbonyl (C=O) groups is 3. The summed E-state index contributed by atoms with van der Waals surface area (Å²) in [4.78, 5) is 40.5. The summed E-state index contributed by atoms with van der Waals surface area (Å²) in [6.07, 6.45) is 8.44. The first kappa shape index (κ1) is 26.1. The van der Waals surface area contributed by atoms with Gasteiger partial charge in [-0.1, -0.05) is 54.5 Å². The summed E-state index contributed by atoms with van der Waals surface area (Å²) < 4.78 is 0. The van der Waals surface area contributed by atoms with E-state index in [2.05, 4.69) is 40.7 Å². The van der Waals surface area contributed by atoms with Crippen molar-refractivity contribution in [2.24, 2.45) is 56.2 Å². The van der Waals surface area contributed by atoms with E-state index in [0.29, 0.717) is 6.42 Å². The van der Waals surface area contributed by atoms with Gasteiger partial charge in [-0.3, -0.25) is 14.4 Å². The lowest BCUT2D eigenvalue weighted by Crippen LogP contribution is -2.69. The number of nitriles is 1. The van der Waals surface area contributed by atoms with E-state index in [0.717, 1.165) is 44.9 Å². The van der Waals surface area contributed by atoms with Crippen molar-refractivity contribution in [3.8, 4) is 6.07 Å². The van der Waals surface area contributed by atoms with Gasteiger partial charge in [0.15, 0.2) is 5.78 Å². The Labute approximate surface area is 221 Å². The van der Waals surface area contributed by atoms with Crippen LogP contribution in [-0.2, 0) is 14.4 Å². The predicted octanol–water partition coefficient (Wildman–Crippen LogP) is 7.05. The minimum atomic E-state index is -0.628. The molecule has 0 aromatic rings. The molecule has 4 nitrogen and oxygen atoms in total. The van der Waals surface area contributed by atoms with Crippen molar-refractivity contribution >= 4 is 28.4 Å². The Morgan fingerprint density at radius 3 is 2.19 bits per heavy atom. The molecule has 0 N–H and O–H groups in total. The molecule has 0 bridgehead atoms. The number of Topliss-reactive ketones (excluding diaryl/α,β-unsaturated/α-hetero) is 2. The maximum atomic E-state index is 14.3. The van der Waals surface area contributed by atoms with E-state index in [1.54, 1.807) is 0 Å². The highest BCUT2D eigenvalue weighted by Gasteiger charge is 2.72. The quantitative estimate of drug-likeness (QED) is 0.353. The van der Waals surface area contributed by atoms with Gasteiger partial charge in [0.2, 0.25) is 5.24 Å². The molecule has 0 spiro atoms. The smallest absolute Gasteiger partial charge is 0.228 e. The van der Waals surface area contributed by atoms with Crippen LogP contribution in [0, 0.1) is 67.5 Å². The highest BCUT2D eigenvalue weighted by Crippen LogP contribution is 2.76. The van der Waals surface area contributed by atoms with Crippen LogP contribution in [0.2, 0.25) is 0 Å². The average molecular weight is 512 g/mol. The number of hydrogen-bond donors (Lipinski definition) is 0. The molecule has 36 heavy (non-hydrogen) atoms. The number of ketones is 2. The molecule has 4 saturated carbocycles. The normalized spacial score (nSPS) is 48.9. The zero-order valence-electron chi connectivity index (χ0n) is 23.1. The Bertz CT molecular complexity index is 1130. The second-order valence-corrected chi connectivity index (χ2v) is 15.5. The molecule has 5 heteroatoms. The van der Waals surface area contributed by atoms with Crippen LogP contribution in [0.25, 0.3) is 0 Å². The molecule has 4 unspecified atom stereocenters. The van der Waals surface area contributed by atoms with Crippen molar-refractivity contribution in [2.45, 2.75) is 99.8 Å². The summed E-state index contributed by atoms with van der Waals surface area (Å²) >= 11 is 6.38. The fraction of sp³-hybridized carbons (Fsp3) is 0.806. The average Bonchev–Trinajstić information content (AvgIpc) is 2.77. The van der Waals surface area contributed by atoms with E-state index >= 15 is 0 Å². The molecule has 0 amide bonds. The number of carbonyl (C=O) groups excluding carboxylic acids is 3. The Kier molecular flexibility index (Phi) is 5.49. The fourth-order valence-corrected chi connectivity index (χ4v) is 11.0. The Morgan fingerprint density at radius 2 is 1.58 bits per heavy atom. The van der Waals surface area contributed by atoms with Crippen LogP contribution in [0.1, 0.15) is 99.8 Å². The molecule has 0 aliphatic heterocycles. The van der Waals surface area contributed by atoms with E-state index in [-0.39, 0.29) is 62.3 Å². The summed E-state index contributed by atoms with van der Waals surface area (Å²) in [7, 11) is 0. The van der Waals surface area contributed by atoms with Crippen molar-refractivity contribution in [1.29, 1.82) is 5.26 Å². The van der Waals surface area contributed by atoms with Gasteiger partial charge in [0.05, 0.1) is 5.57 Å². The predicted molar refractivity (Wildman–Crippen MR) is 140 cm³/mol. The van der Waals surface area contributed by atoms with Crippen molar-refractivity contribution in [3.05, 3.63) is 11.6 Å². The SMILES string of the molecule is CC1(C)CC[C@]2(C(=O)Cl)CC[C@]3(C)C(C(=O)CC4[C@@]5(C)C=C(C#N)C(=O)C(C)(C)C5CC[C@]43C)C2C1. The lowest BCUT2D eigenvalue weighted by atomic mass is 9.31. The van der Waals surface area contributed by atoms with Crippen LogP contribution in [0.5, 0.6) is 0 Å². The fourth-order valence-electron chi connectivity index (χ4n) is 10.7. The minimum Gasteiger partial charge on any atom is -0.299 e. The summed E-state index contributed by atoms with van der Waals surface area (Å²) in [6.45, 7) is 15.4. The maximum Gasteiger partial charge on any atom is 0.228 e. The molecule has 8 atom stereocenters. The molecule has 0 aromatic carbocycles. The number of rotatable bonds is 1. The first-order valence-corrected chi connectivity index (χ1v) is 14.3. The molecule has 0 heterocycles. The van der Waals surface area contributed by atoms with Gasteiger partial charge in [0.25, 0.3) is 0 Å². The number of fused-ring (bicyclic) bond motifs is 7. The molecule has 196 valence electrons. The van der Waals surface area contributed by atoms with Crippen LogP contribution in [-0.4, -0.2) is 16.8 Å². The lowest BCUT2D eigenvalue weighted by Gasteiger charge is -2.71. The molecule has 5 rings (SSSR count). The molecule has 0 saturated heterocycles. The van der Waals surface area contributed by atoms with Gasteiger partial charge in [-0.15, -0.1) is 0 Å². The van der Waals surface area contributed by atoms with Crippen molar-refractivity contribution in [2.75, 3.05) is 0 Å². The highest BCUT2D eigenvalue weighted by atomic mass is 35.5. The number of hydrogen-bond acceptors (Lipinski definition) is 4. The maximum absolute atomic E-state index is 14.3. The van der Waals surface area contributed by atoms with E-state index in [4.69, 9.17) is 11.6 Å². The van der Waals surface area contributed by atoms with Gasteiger partial charge in [0.1, 0.15) is 11.9 Å². The van der Waals surface area contributed by atoms with E-state index < -0.39 is 16.2 Å². The number of halogens is 1. The topological polar surface area (TPSA) is 75.0 Å². The summed E-state index contributed by atoms with van der Waals surface area (Å²) in [6, 6.07) is 2.19. The summed E-state index contributed by atoms with van der Waals surface area (Å²) in [5, 5.41) is 9.62. The number of allylic oxidation sites excluding steroid dienone is 2. The Morgan fingerprint density at radius 1 is 0.944 bits per heavy atom. The van der Waals surface area contributed by atoms with Crippen LogP contribution >= 0.6 is 11.6 Å². The Balaban J connectivity index is 1.65. The molecule has 0 aromatic heterocycles. The first-order valence-electron chi connectivity index (χ1n) is 13.9. The monoisotopic (exact) mass is 511 g/mol. The first-order chi connectivity index (χ1) is 16.5. The van der Waals surface area contributed by atoms with Gasteiger partial charge in [-0.2, -0.15) is 5.26 Å². The Hall–Kier alpha value is -1.47. The molecular weight excluding hydrogens is 470 g/mol. The second kappa shape index (κ2) is 7.56. The van der Waals surface area contributed by atoms with Crippen LogP contribution in [0.4, 0.5) is 0 Å². The largest absolute Gasteiger partial charge is 0.299 e. The minimum absolute atomic E-state index is 0.0182. The third kappa shape index (κ3) is 3.02. The standard InChI is InChI=1S/C31H42ClNO3/c1-26(2)10-12-31(25(32)36)13-11-30(7)23(19(31)16-26)20(34)14-22-28(5)15-18(17-33)24(35)27(3,4)21(28)8-9-29(22,30)6/h15,19,21-23H,8-14,16H2,1-7H3/t19?,21?,22?,23?,28-,29+,30+,31-/m0/s1. The van der Waals surface area contributed by atoms with E-state index in [1.165, 1.54) is 0 Å². The molecule has 5 aliphatic rings. The van der Waals surface area contributed by atoms with E-state index in [9.17, 15) is 19.6 Å². The van der Waals surface area contributed by atoms with Crippen molar-refractivity contribution < 1.29 is 14.4 Å². The zero-order chi connectivity index (χ0) is 26.7. The lowest BCUT2D eigenvalue weighted by molar-refractivity contribution is -0.220. The zero-order valence-corrected chi connectivity index (χ0v) is 23.8. The molecule has 4 fully saturated rings. The molecule has 0 radical (unpaired) electrons. The van der Waals surface area contributed by atoms with Crippen molar-refractivity contribution in [1.82, 2.24) is 0 Å². The third-order valence-corrected chi connectivity index (χ3v) is 13.2. The van der Waals surface area contributed by atoms with Crippen LogP contribution in [0.3, 0.4) is 0 Å². The van der Waals surface area contributed by atoms with E-state index in [1.807, 2.05) is 19.9 Å². The molecular formula is C31H42ClNO3. The summed E-state index contributed by atoms with van der Waals surface area (Å²) in [5.74, 6) is 0.177. The molecule has 5 aliphatic carbocycles. The van der Waals surface area contributed by atoms with Gasteiger partial charge < -0.3 is 0 Å². The number of nitrogens with zero attached hydrogens (tertiary/aromatic N) is 1. The second-order valence-electron chi connectivity index (χ2n) is 15.1. The van der Waals surface area contributed by atoms with Crippen LogP contribution in [0.15, 0.2) is 11.6 Å². The van der Waals surface area contributed by atoms with Gasteiger partial charge in [0, 0.05) is 23.2 Å². The summed E-state index contributed by atoms with van der Waals surface area (Å²) in [5.41, 5.74) is -1.66. The van der Waals surface area contributed by atoms with Crippen molar-refractivity contribution in [3.63, 3.8) is 0 Å². The van der Waals surface area contributed by atoms with Gasteiger partial charge >= 0.3 is 0 Å².